The molecule has 0 aromatic carbocycles. The molecule has 1 aliphatic heterocycles. The van der Waals surface area contributed by atoms with Crippen LogP contribution in [0.2, 0.25) is 0 Å². The van der Waals surface area contributed by atoms with Crippen molar-refractivity contribution < 1.29 is 14.3 Å². The lowest BCUT2D eigenvalue weighted by molar-refractivity contribution is -0.129. The minimum atomic E-state index is -0.502. The molecule has 1 saturated heterocycles. The Hall–Kier alpha value is -1.06. The summed E-state index contributed by atoms with van der Waals surface area (Å²) in [5.74, 6) is 0.137. The minimum absolute atomic E-state index is 0.112. The van der Waals surface area contributed by atoms with Crippen LogP contribution in [0.3, 0.4) is 0 Å². The van der Waals surface area contributed by atoms with Gasteiger partial charge in [-0.2, -0.15) is 0 Å². The average molecular weight is 185 g/mol. The number of carbonyl (C=O) groups is 2. The Balaban J connectivity index is 2.59. The van der Waals surface area contributed by atoms with E-state index in [4.69, 9.17) is 4.74 Å². The summed E-state index contributed by atoms with van der Waals surface area (Å²) in [7, 11) is 0. The van der Waals surface area contributed by atoms with Crippen molar-refractivity contribution in [2.75, 3.05) is 6.61 Å². The third kappa shape index (κ3) is 2.20. The Labute approximate surface area is 77.8 Å². The van der Waals surface area contributed by atoms with Gasteiger partial charge in [0.2, 0.25) is 5.91 Å². The van der Waals surface area contributed by atoms with Crippen LogP contribution in [0, 0.1) is 5.92 Å². The zero-order valence-corrected chi connectivity index (χ0v) is 8.24. The van der Waals surface area contributed by atoms with Gasteiger partial charge in [0.05, 0.1) is 6.04 Å². The van der Waals surface area contributed by atoms with Crippen molar-refractivity contribution in [2.45, 2.75) is 33.2 Å². The summed E-state index contributed by atoms with van der Waals surface area (Å²) in [5.41, 5.74) is 0. The van der Waals surface area contributed by atoms with Crippen LogP contribution in [-0.4, -0.2) is 29.5 Å². The van der Waals surface area contributed by atoms with Crippen LogP contribution < -0.4 is 0 Å². The maximum absolute atomic E-state index is 11.5. The van der Waals surface area contributed by atoms with E-state index in [9.17, 15) is 9.59 Å². The molecule has 2 amide bonds. The lowest BCUT2D eigenvalue weighted by Crippen LogP contribution is -2.37. The number of cyclic esters (lactones) is 1. The normalized spacial score (nSPS) is 22.3. The fourth-order valence-corrected chi connectivity index (χ4v) is 1.31. The van der Waals surface area contributed by atoms with Gasteiger partial charge < -0.3 is 4.74 Å². The quantitative estimate of drug-likeness (QED) is 0.653. The van der Waals surface area contributed by atoms with Crippen molar-refractivity contribution >= 4 is 12.0 Å². The molecule has 0 radical (unpaired) electrons. The molecule has 1 heterocycles. The highest BCUT2D eigenvalue weighted by Gasteiger charge is 2.34. The third-order valence-electron chi connectivity index (χ3n) is 1.94. The lowest BCUT2D eigenvalue weighted by Gasteiger charge is -2.16. The van der Waals surface area contributed by atoms with Crippen LogP contribution in [0.1, 0.15) is 27.2 Å². The third-order valence-corrected chi connectivity index (χ3v) is 1.94. The van der Waals surface area contributed by atoms with Gasteiger partial charge in [0, 0.05) is 6.42 Å². The van der Waals surface area contributed by atoms with Crippen molar-refractivity contribution in [2.24, 2.45) is 5.92 Å². The topological polar surface area (TPSA) is 46.6 Å². The second-order valence-corrected chi connectivity index (χ2v) is 3.79. The summed E-state index contributed by atoms with van der Waals surface area (Å²) in [6.07, 6.45) is -0.0995. The van der Waals surface area contributed by atoms with Gasteiger partial charge in [0.25, 0.3) is 0 Å². The van der Waals surface area contributed by atoms with Crippen molar-refractivity contribution in [3.05, 3.63) is 0 Å². The van der Waals surface area contributed by atoms with E-state index in [1.54, 1.807) is 0 Å². The summed E-state index contributed by atoms with van der Waals surface area (Å²) in [5, 5.41) is 0. The Kier molecular flexibility index (Phi) is 2.90. The van der Waals surface area contributed by atoms with Crippen LogP contribution >= 0.6 is 0 Å². The van der Waals surface area contributed by atoms with Crippen molar-refractivity contribution in [3.8, 4) is 0 Å². The van der Waals surface area contributed by atoms with Gasteiger partial charge in [-0.25, -0.2) is 9.69 Å². The molecule has 0 aliphatic carbocycles. The standard InChI is InChI=1S/C9H15NO3/c1-6(2)4-8(11)10-7(3)5-13-9(10)12/h6-7H,4-5H2,1-3H3/t7-/m1/s1. The van der Waals surface area contributed by atoms with Crippen LogP contribution in [0.4, 0.5) is 4.79 Å². The highest BCUT2D eigenvalue weighted by Crippen LogP contribution is 2.15. The number of carbonyl (C=O) groups excluding carboxylic acids is 2. The van der Waals surface area contributed by atoms with Crippen molar-refractivity contribution in [1.82, 2.24) is 4.90 Å². The van der Waals surface area contributed by atoms with Gasteiger partial charge in [-0.05, 0) is 12.8 Å². The lowest BCUT2D eigenvalue weighted by atomic mass is 10.1. The Bertz CT molecular complexity index is 225. The van der Waals surface area contributed by atoms with E-state index in [-0.39, 0.29) is 17.9 Å². The Morgan fingerprint density at radius 3 is 2.69 bits per heavy atom. The molecule has 1 atom stereocenters. The maximum atomic E-state index is 11.5. The van der Waals surface area contributed by atoms with Gasteiger partial charge in [-0.3, -0.25) is 4.79 Å². The first-order valence-electron chi connectivity index (χ1n) is 4.51. The summed E-state index contributed by atoms with van der Waals surface area (Å²) in [4.78, 5) is 23.8. The molecule has 13 heavy (non-hydrogen) atoms. The second kappa shape index (κ2) is 3.77. The fraction of sp³-hybridized carbons (Fsp3) is 0.778. The Morgan fingerprint density at radius 2 is 2.31 bits per heavy atom. The summed E-state index contributed by atoms with van der Waals surface area (Å²) < 4.78 is 4.75. The summed E-state index contributed by atoms with van der Waals surface area (Å²) >= 11 is 0. The molecule has 1 fully saturated rings. The van der Waals surface area contributed by atoms with Gasteiger partial charge in [0.15, 0.2) is 0 Å². The van der Waals surface area contributed by atoms with E-state index < -0.39 is 6.09 Å². The number of imide groups is 1. The molecule has 0 saturated carbocycles. The van der Waals surface area contributed by atoms with E-state index >= 15 is 0 Å². The van der Waals surface area contributed by atoms with E-state index in [0.29, 0.717) is 13.0 Å². The summed E-state index contributed by atoms with van der Waals surface area (Å²) in [6.45, 7) is 6.03. The van der Waals surface area contributed by atoms with Crippen LogP contribution in [0.25, 0.3) is 0 Å². The molecule has 4 heteroatoms. The molecular weight excluding hydrogens is 170 g/mol. The monoisotopic (exact) mass is 185 g/mol. The van der Waals surface area contributed by atoms with E-state index in [2.05, 4.69) is 0 Å². The number of nitrogens with zero attached hydrogens (tertiary/aromatic N) is 1. The van der Waals surface area contributed by atoms with Gasteiger partial charge >= 0.3 is 6.09 Å². The largest absolute Gasteiger partial charge is 0.447 e. The molecular formula is C9H15NO3. The van der Waals surface area contributed by atoms with Crippen LogP contribution in [0.5, 0.6) is 0 Å². The first-order valence-corrected chi connectivity index (χ1v) is 4.51. The number of hydrogen-bond acceptors (Lipinski definition) is 3. The molecule has 1 rings (SSSR count). The average Bonchev–Trinajstić information content (AvgIpc) is 2.29. The van der Waals surface area contributed by atoms with Gasteiger partial charge in [-0.1, -0.05) is 13.8 Å². The molecule has 4 nitrogen and oxygen atoms in total. The second-order valence-electron chi connectivity index (χ2n) is 3.79. The zero-order valence-electron chi connectivity index (χ0n) is 8.24. The molecule has 0 aromatic heterocycles. The molecule has 0 unspecified atom stereocenters. The van der Waals surface area contributed by atoms with E-state index in [1.807, 2.05) is 20.8 Å². The number of rotatable bonds is 2. The predicted octanol–water partition coefficient (Wildman–Crippen LogP) is 1.40. The van der Waals surface area contributed by atoms with Gasteiger partial charge in [-0.15, -0.1) is 0 Å². The minimum Gasteiger partial charge on any atom is -0.447 e. The van der Waals surface area contributed by atoms with E-state index in [0.717, 1.165) is 0 Å². The molecule has 0 bridgehead atoms. The van der Waals surface area contributed by atoms with Gasteiger partial charge in [0.1, 0.15) is 6.61 Å². The smallest absolute Gasteiger partial charge is 0.416 e. The fourth-order valence-electron chi connectivity index (χ4n) is 1.31. The molecule has 0 N–H and O–H groups in total. The molecule has 1 aliphatic rings. The number of amides is 2. The zero-order chi connectivity index (χ0) is 10.0. The Morgan fingerprint density at radius 1 is 1.69 bits per heavy atom. The highest BCUT2D eigenvalue weighted by atomic mass is 16.6. The van der Waals surface area contributed by atoms with Crippen molar-refractivity contribution in [1.29, 1.82) is 0 Å². The molecule has 0 aromatic rings. The number of hydrogen-bond donors (Lipinski definition) is 0. The summed E-state index contributed by atoms with van der Waals surface area (Å²) in [6, 6.07) is -0.112. The number of ether oxygens (including phenoxy) is 1. The molecule has 0 spiro atoms. The predicted molar refractivity (Wildman–Crippen MR) is 47.1 cm³/mol. The maximum Gasteiger partial charge on any atom is 0.416 e. The first-order chi connectivity index (χ1) is 6.02. The SMILES string of the molecule is CC(C)CC(=O)N1C(=O)OC[C@H]1C. The van der Waals surface area contributed by atoms with E-state index in [1.165, 1.54) is 4.90 Å². The van der Waals surface area contributed by atoms with Crippen molar-refractivity contribution in [3.63, 3.8) is 0 Å². The highest BCUT2D eigenvalue weighted by molar-refractivity contribution is 5.93. The molecule has 74 valence electrons. The van der Waals surface area contributed by atoms with Crippen LogP contribution in [-0.2, 0) is 9.53 Å². The van der Waals surface area contributed by atoms with Crippen LogP contribution in [0.15, 0.2) is 0 Å². The first kappa shape index (κ1) is 10.0.